The van der Waals surface area contributed by atoms with Crippen molar-refractivity contribution in [2.75, 3.05) is 18.4 Å². The Hall–Kier alpha value is -4.23. The zero-order valence-corrected chi connectivity index (χ0v) is 21.0. The number of carbonyl (C=O) groups excluding carboxylic acids is 2. The molecule has 0 unspecified atom stereocenters. The molecule has 0 bridgehead atoms. The largest absolute Gasteiger partial charge is 0.339 e. The highest BCUT2D eigenvalue weighted by Crippen LogP contribution is 2.24. The van der Waals surface area contributed by atoms with E-state index in [0.717, 1.165) is 54.0 Å². The molecule has 3 aromatic carbocycles. The maximum atomic E-state index is 13.1. The maximum absolute atomic E-state index is 13.1. The lowest BCUT2D eigenvalue weighted by Gasteiger charge is -2.17. The van der Waals surface area contributed by atoms with Crippen LogP contribution in [0.1, 0.15) is 41.3 Å². The quantitative estimate of drug-likeness (QED) is 0.361. The second-order valence-electron chi connectivity index (χ2n) is 9.35. The van der Waals surface area contributed by atoms with Crippen molar-refractivity contribution in [1.82, 2.24) is 20.0 Å². The minimum atomic E-state index is -0.162. The molecule has 0 aliphatic carbocycles. The number of para-hydroxylation sites is 1. The van der Waals surface area contributed by atoms with E-state index < -0.39 is 0 Å². The molecule has 7 heteroatoms. The molecule has 188 valence electrons. The van der Waals surface area contributed by atoms with E-state index in [1.165, 1.54) is 6.92 Å². The average molecular weight is 494 g/mol. The van der Waals surface area contributed by atoms with E-state index in [1.807, 2.05) is 70.2 Å². The molecule has 1 aliphatic rings. The fourth-order valence-electron chi connectivity index (χ4n) is 4.73. The van der Waals surface area contributed by atoms with Crippen LogP contribution in [0.4, 0.5) is 5.69 Å². The number of likely N-dealkylation sites (tertiary alicyclic amines) is 1. The standard InChI is InChI=1S/C30H31N5O2/c1-22(36)32-27-17-23(16-25(18-27)30(37)34-14-8-9-15-34)19-31-20-26-21-35(28-12-6-3-7-13-28)33-29(26)24-10-4-2-5-11-24/h2-7,10-13,16-18,21,31H,8-9,14-15,19-20H2,1H3,(H,32,36). The number of nitrogens with one attached hydrogen (secondary N) is 2. The van der Waals surface area contributed by atoms with Gasteiger partial charge in [0.2, 0.25) is 5.91 Å². The molecule has 1 aliphatic heterocycles. The van der Waals surface area contributed by atoms with Crippen LogP contribution >= 0.6 is 0 Å². The van der Waals surface area contributed by atoms with E-state index in [-0.39, 0.29) is 11.8 Å². The Morgan fingerprint density at radius 3 is 2.30 bits per heavy atom. The Balaban J connectivity index is 1.37. The zero-order valence-electron chi connectivity index (χ0n) is 21.0. The van der Waals surface area contributed by atoms with Crippen LogP contribution in [0.25, 0.3) is 16.9 Å². The maximum Gasteiger partial charge on any atom is 0.253 e. The van der Waals surface area contributed by atoms with Gasteiger partial charge in [-0.25, -0.2) is 4.68 Å². The molecule has 37 heavy (non-hydrogen) atoms. The molecule has 4 aromatic rings. The molecule has 0 atom stereocenters. The van der Waals surface area contributed by atoms with Crippen LogP contribution in [0.2, 0.25) is 0 Å². The van der Waals surface area contributed by atoms with Gasteiger partial charge in [-0.15, -0.1) is 0 Å². The summed E-state index contributed by atoms with van der Waals surface area (Å²) < 4.78 is 1.91. The molecule has 1 saturated heterocycles. The Kier molecular flexibility index (Phi) is 7.42. The number of amides is 2. The van der Waals surface area contributed by atoms with Crippen molar-refractivity contribution < 1.29 is 9.59 Å². The van der Waals surface area contributed by atoms with Crippen LogP contribution in [0.15, 0.2) is 85.1 Å². The third-order valence-electron chi connectivity index (χ3n) is 6.46. The molecular formula is C30H31N5O2. The smallest absolute Gasteiger partial charge is 0.253 e. The Morgan fingerprint density at radius 2 is 1.59 bits per heavy atom. The Morgan fingerprint density at radius 1 is 0.892 bits per heavy atom. The molecular weight excluding hydrogens is 462 g/mol. The normalized spacial score (nSPS) is 13.1. The van der Waals surface area contributed by atoms with Crippen LogP contribution in [-0.2, 0) is 17.9 Å². The summed E-state index contributed by atoms with van der Waals surface area (Å²) >= 11 is 0. The summed E-state index contributed by atoms with van der Waals surface area (Å²) in [5.74, 6) is -0.146. The third-order valence-corrected chi connectivity index (χ3v) is 6.46. The van der Waals surface area contributed by atoms with Gasteiger partial charge in [-0.05, 0) is 48.7 Å². The summed E-state index contributed by atoms with van der Waals surface area (Å²) in [5.41, 5.74) is 6.22. The molecule has 2 N–H and O–H groups in total. The molecule has 1 aromatic heterocycles. The molecule has 0 spiro atoms. The van der Waals surface area contributed by atoms with E-state index >= 15 is 0 Å². The highest BCUT2D eigenvalue weighted by atomic mass is 16.2. The summed E-state index contributed by atoms with van der Waals surface area (Å²) in [5, 5.41) is 11.2. The van der Waals surface area contributed by atoms with Crippen LogP contribution < -0.4 is 10.6 Å². The van der Waals surface area contributed by atoms with E-state index in [4.69, 9.17) is 5.10 Å². The highest BCUT2D eigenvalue weighted by molar-refractivity contribution is 5.97. The van der Waals surface area contributed by atoms with Crippen LogP contribution in [0.3, 0.4) is 0 Å². The number of anilines is 1. The molecule has 5 rings (SSSR count). The number of rotatable bonds is 8. The lowest BCUT2D eigenvalue weighted by atomic mass is 10.1. The van der Waals surface area contributed by atoms with E-state index in [9.17, 15) is 9.59 Å². The second kappa shape index (κ2) is 11.2. The van der Waals surface area contributed by atoms with Crippen LogP contribution in [0, 0.1) is 0 Å². The minimum Gasteiger partial charge on any atom is -0.339 e. The second-order valence-corrected chi connectivity index (χ2v) is 9.35. The van der Waals surface area contributed by atoms with Gasteiger partial charge in [0.1, 0.15) is 0 Å². The summed E-state index contributed by atoms with van der Waals surface area (Å²) in [7, 11) is 0. The van der Waals surface area contributed by atoms with Gasteiger partial charge in [0.05, 0.1) is 11.4 Å². The van der Waals surface area contributed by atoms with E-state index in [0.29, 0.717) is 24.3 Å². The van der Waals surface area contributed by atoms with E-state index in [1.54, 1.807) is 6.07 Å². The first-order chi connectivity index (χ1) is 18.1. The number of carbonyl (C=O) groups is 2. The Labute approximate surface area is 217 Å². The molecule has 1 fully saturated rings. The van der Waals surface area contributed by atoms with E-state index in [2.05, 4.69) is 29.0 Å². The molecule has 7 nitrogen and oxygen atoms in total. The van der Waals surface area contributed by atoms with Crippen LogP contribution in [0.5, 0.6) is 0 Å². The van der Waals surface area contributed by atoms with Gasteiger partial charge in [0.25, 0.3) is 5.91 Å². The minimum absolute atomic E-state index is 0.0152. The molecule has 2 amide bonds. The summed E-state index contributed by atoms with van der Waals surface area (Å²) in [6, 6.07) is 25.8. The lowest BCUT2D eigenvalue weighted by molar-refractivity contribution is -0.114. The van der Waals surface area contributed by atoms with Crippen molar-refractivity contribution in [2.45, 2.75) is 32.9 Å². The first-order valence-corrected chi connectivity index (χ1v) is 12.7. The van der Waals surface area contributed by atoms with Crippen molar-refractivity contribution in [1.29, 1.82) is 0 Å². The topological polar surface area (TPSA) is 79.3 Å². The van der Waals surface area contributed by atoms with Gasteiger partial charge >= 0.3 is 0 Å². The fourth-order valence-corrected chi connectivity index (χ4v) is 4.73. The number of hydrogen-bond donors (Lipinski definition) is 2. The van der Waals surface area contributed by atoms with Gasteiger partial charge in [0, 0.05) is 61.7 Å². The first kappa shape index (κ1) is 24.5. The SMILES string of the molecule is CC(=O)Nc1cc(CNCc2cn(-c3ccccc3)nc2-c2ccccc2)cc(C(=O)N2CCCC2)c1. The number of hydrogen-bond acceptors (Lipinski definition) is 4. The van der Waals surface area contributed by atoms with Crippen molar-refractivity contribution in [3.63, 3.8) is 0 Å². The summed E-state index contributed by atoms with van der Waals surface area (Å²) in [4.78, 5) is 26.7. The lowest BCUT2D eigenvalue weighted by Crippen LogP contribution is -2.28. The predicted molar refractivity (Wildman–Crippen MR) is 145 cm³/mol. The van der Waals surface area contributed by atoms with Gasteiger partial charge in [-0.2, -0.15) is 5.10 Å². The number of nitrogens with zero attached hydrogens (tertiary/aromatic N) is 3. The predicted octanol–water partition coefficient (Wildman–Crippen LogP) is 5.02. The van der Waals surface area contributed by atoms with Gasteiger partial charge < -0.3 is 15.5 Å². The van der Waals surface area contributed by atoms with Crippen molar-refractivity contribution >= 4 is 17.5 Å². The number of aromatic nitrogens is 2. The monoisotopic (exact) mass is 493 g/mol. The zero-order chi connectivity index (χ0) is 25.6. The first-order valence-electron chi connectivity index (χ1n) is 12.7. The average Bonchev–Trinajstić information content (AvgIpc) is 3.60. The fraction of sp³-hybridized carbons (Fsp3) is 0.233. The summed E-state index contributed by atoms with van der Waals surface area (Å²) in [6.45, 7) is 4.17. The van der Waals surface area contributed by atoms with Gasteiger partial charge in [-0.1, -0.05) is 48.5 Å². The molecule has 0 saturated carbocycles. The number of benzene rings is 3. The van der Waals surface area contributed by atoms with Crippen molar-refractivity contribution in [3.8, 4) is 16.9 Å². The molecule has 2 heterocycles. The van der Waals surface area contributed by atoms with Crippen molar-refractivity contribution in [3.05, 3.63) is 102 Å². The van der Waals surface area contributed by atoms with Crippen LogP contribution in [-0.4, -0.2) is 39.6 Å². The molecule has 0 radical (unpaired) electrons. The van der Waals surface area contributed by atoms with Gasteiger partial charge in [-0.3, -0.25) is 9.59 Å². The van der Waals surface area contributed by atoms with Gasteiger partial charge in [0.15, 0.2) is 0 Å². The Bertz CT molecular complexity index is 1380. The summed E-state index contributed by atoms with van der Waals surface area (Å²) in [6.07, 6.45) is 4.12. The highest BCUT2D eigenvalue weighted by Gasteiger charge is 2.20. The van der Waals surface area contributed by atoms with Crippen molar-refractivity contribution in [2.24, 2.45) is 0 Å². The third kappa shape index (κ3) is 5.95.